The van der Waals surface area contributed by atoms with Crippen LogP contribution in [0.3, 0.4) is 0 Å². The summed E-state index contributed by atoms with van der Waals surface area (Å²) in [7, 11) is 0. The normalized spacial score (nSPS) is 20.4. The first-order valence-electron chi connectivity index (χ1n) is 11.3. The molecule has 164 valence electrons. The van der Waals surface area contributed by atoms with Gasteiger partial charge in [0.15, 0.2) is 5.65 Å². The molecule has 0 spiro atoms. The summed E-state index contributed by atoms with van der Waals surface area (Å²) in [4.78, 5) is 9.42. The molecule has 5 rings (SSSR count). The second kappa shape index (κ2) is 8.25. The van der Waals surface area contributed by atoms with E-state index in [4.69, 9.17) is 21.6 Å². The lowest BCUT2D eigenvalue weighted by Crippen LogP contribution is -2.35. The molecular weight excluding hydrogens is 416 g/mol. The maximum absolute atomic E-state index is 6.31. The highest BCUT2D eigenvalue weighted by molar-refractivity contribution is 6.30. The zero-order valence-electron chi connectivity index (χ0n) is 18.8. The van der Waals surface area contributed by atoms with E-state index in [2.05, 4.69) is 67.2 Å². The first-order valence-corrected chi connectivity index (χ1v) is 11.7. The third-order valence-electron chi connectivity index (χ3n) is 6.48. The molecule has 0 amide bonds. The van der Waals surface area contributed by atoms with Gasteiger partial charge in [-0.15, -0.1) is 0 Å². The summed E-state index contributed by atoms with van der Waals surface area (Å²) in [5.74, 6) is 1.60. The minimum absolute atomic E-state index is 0.330. The molecular formula is C27H29ClN4. The Hall–Kier alpha value is -2.85. The molecule has 2 heterocycles. The summed E-state index contributed by atoms with van der Waals surface area (Å²) in [6, 6.07) is 18.7. The van der Waals surface area contributed by atoms with Gasteiger partial charge in [-0.3, -0.25) is 0 Å². The van der Waals surface area contributed by atoms with Crippen molar-refractivity contribution in [3.05, 3.63) is 72.1 Å². The molecule has 4 aromatic rings. The van der Waals surface area contributed by atoms with Crippen LogP contribution in [0.25, 0.3) is 27.8 Å². The number of rotatable bonds is 4. The molecule has 2 aromatic carbocycles. The van der Waals surface area contributed by atoms with Crippen LogP contribution < -0.4 is 5.32 Å². The van der Waals surface area contributed by atoms with E-state index in [-0.39, 0.29) is 0 Å². The largest absolute Gasteiger partial charge is 0.367 e. The number of fused-ring (bicyclic) bond motifs is 1. The smallest absolute Gasteiger partial charge is 0.150 e. The van der Waals surface area contributed by atoms with Gasteiger partial charge in [-0.2, -0.15) is 0 Å². The van der Waals surface area contributed by atoms with Crippen molar-refractivity contribution in [3.63, 3.8) is 0 Å². The maximum atomic E-state index is 6.31. The number of aromatic nitrogens is 3. The maximum Gasteiger partial charge on any atom is 0.150 e. The lowest BCUT2D eigenvalue weighted by molar-refractivity contribution is 0.178. The molecule has 0 saturated heterocycles. The average Bonchev–Trinajstić information content (AvgIpc) is 3.14. The Morgan fingerprint density at radius 3 is 2.59 bits per heavy atom. The van der Waals surface area contributed by atoms with Crippen molar-refractivity contribution in [3.8, 4) is 16.8 Å². The van der Waals surface area contributed by atoms with E-state index >= 15 is 0 Å². The van der Waals surface area contributed by atoms with Crippen LogP contribution in [-0.2, 0) is 0 Å². The summed E-state index contributed by atoms with van der Waals surface area (Å²) < 4.78 is 2.11. The Kier molecular flexibility index (Phi) is 5.42. The van der Waals surface area contributed by atoms with E-state index in [9.17, 15) is 0 Å². The molecule has 0 radical (unpaired) electrons. The quantitative estimate of drug-likeness (QED) is 0.357. The summed E-state index contributed by atoms with van der Waals surface area (Å²) >= 11 is 6.31. The van der Waals surface area contributed by atoms with E-state index in [1.54, 1.807) is 6.33 Å². The number of nitrogens with zero attached hydrogens (tertiary/aromatic N) is 3. The van der Waals surface area contributed by atoms with Gasteiger partial charge in [-0.05, 0) is 54.4 Å². The number of hydrogen-bond donors (Lipinski definition) is 1. The predicted molar refractivity (Wildman–Crippen MR) is 134 cm³/mol. The Morgan fingerprint density at radius 2 is 1.84 bits per heavy atom. The van der Waals surface area contributed by atoms with Crippen molar-refractivity contribution in [2.24, 2.45) is 11.3 Å². The molecule has 32 heavy (non-hydrogen) atoms. The Bertz CT molecular complexity index is 1250. The third-order valence-corrected chi connectivity index (χ3v) is 6.72. The van der Waals surface area contributed by atoms with Crippen molar-refractivity contribution in [2.45, 2.75) is 46.1 Å². The van der Waals surface area contributed by atoms with Gasteiger partial charge in [0.1, 0.15) is 12.1 Å². The fourth-order valence-electron chi connectivity index (χ4n) is 5.48. The standard InChI is InChI=1S/C27H29ClN4/c1-18-12-21(15-27(2,3)14-18)31-25-24-23(19-8-5-4-6-9-19)16-32(26(24)30-17-29-25)22-11-7-10-20(28)13-22/h4-11,13,16-18,21H,12,14-15H2,1-3H3,(H,29,30,31)/t18-,21-/m1/s1. The predicted octanol–water partition coefficient (Wildman–Crippen LogP) is 7.37. The number of halogens is 1. The second-order valence-electron chi connectivity index (χ2n) is 9.93. The molecule has 5 heteroatoms. The fraction of sp³-hybridized carbons (Fsp3) is 0.333. The summed E-state index contributed by atoms with van der Waals surface area (Å²) in [6.45, 7) is 7.10. The van der Waals surface area contributed by atoms with Crippen LogP contribution in [0.4, 0.5) is 5.82 Å². The summed E-state index contributed by atoms with van der Waals surface area (Å²) in [6.07, 6.45) is 7.38. The van der Waals surface area contributed by atoms with Crippen molar-refractivity contribution < 1.29 is 0 Å². The minimum Gasteiger partial charge on any atom is -0.367 e. The topological polar surface area (TPSA) is 42.7 Å². The first kappa shape index (κ1) is 21.0. The van der Waals surface area contributed by atoms with E-state index in [0.717, 1.165) is 46.5 Å². The molecule has 0 aliphatic heterocycles. The van der Waals surface area contributed by atoms with Crippen LogP contribution in [0.2, 0.25) is 5.02 Å². The molecule has 4 nitrogen and oxygen atoms in total. The highest BCUT2D eigenvalue weighted by Gasteiger charge is 2.32. The molecule has 0 unspecified atom stereocenters. The van der Waals surface area contributed by atoms with Crippen LogP contribution in [0.1, 0.15) is 40.0 Å². The summed E-state index contributed by atoms with van der Waals surface area (Å²) in [5.41, 5.74) is 4.46. The molecule has 1 saturated carbocycles. The second-order valence-corrected chi connectivity index (χ2v) is 10.4. The van der Waals surface area contributed by atoms with E-state index in [1.807, 2.05) is 24.3 Å². The van der Waals surface area contributed by atoms with E-state index in [1.165, 1.54) is 6.42 Å². The zero-order valence-corrected chi connectivity index (χ0v) is 19.6. The van der Waals surface area contributed by atoms with E-state index in [0.29, 0.717) is 22.4 Å². The van der Waals surface area contributed by atoms with Gasteiger partial charge < -0.3 is 9.88 Å². The molecule has 0 bridgehead atoms. The number of nitrogens with one attached hydrogen (secondary N) is 1. The lowest BCUT2D eigenvalue weighted by atomic mass is 9.70. The average molecular weight is 445 g/mol. The fourth-order valence-corrected chi connectivity index (χ4v) is 5.66. The molecule has 1 fully saturated rings. The van der Waals surface area contributed by atoms with Crippen LogP contribution >= 0.6 is 11.6 Å². The highest BCUT2D eigenvalue weighted by atomic mass is 35.5. The van der Waals surface area contributed by atoms with Crippen LogP contribution in [0, 0.1) is 11.3 Å². The Balaban J connectivity index is 1.66. The third kappa shape index (κ3) is 4.12. The van der Waals surface area contributed by atoms with Gasteiger partial charge in [-0.1, -0.05) is 68.8 Å². The van der Waals surface area contributed by atoms with Crippen LogP contribution in [0.5, 0.6) is 0 Å². The Morgan fingerprint density at radius 1 is 1.03 bits per heavy atom. The first-order chi connectivity index (χ1) is 15.4. The molecule has 1 aliphatic rings. The van der Waals surface area contributed by atoms with Gasteiger partial charge in [0, 0.05) is 28.5 Å². The van der Waals surface area contributed by atoms with Gasteiger partial charge in [0.2, 0.25) is 0 Å². The molecule has 2 atom stereocenters. The molecule has 2 aromatic heterocycles. The lowest BCUT2D eigenvalue weighted by Gasteiger charge is -2.39. The van der Waals surface area contributed by atoms with E-state index < -0.39 is 0 Å². The van der Waals surface area contributed by atoms with Crippen molar-refractivity contribution in [1.82, 2.24) is 14.5 Å². The SMILES string of the molecule is C[C@@H]1C[C@@H](Nc2ncnc3c2c(-c2ccccc2)cn3-c2cccc(Cl)c2)CC(C)(C)C1. The van der Waals surface area contributed by atoms with Crippen molar-refractivity contribution in [2.75, 3.05) is 5.32 Å². The van der Waals surface area contributed by atoms with Gasteiger partial charge >= 0.3 is 0 Å². The van der Waals surface area contributed by atoms with Gasteiger partial charge in [0.05, 0.1) is 5.39 Å². The van der Waals surface area contributed by atoms with Crippen LogP contribution in [0.15, 0.2) is 67.1 Å². The zero-order chi connectivity index (χ0) is 22.3. The van der Waals surface area contributed by atoms with Crippen LogP contribution in [-0.4, -0.2) is 20.6 Å². The monoisotopic (exact) mass is 444 g/mol. The Labute approximate surface area is 194 Å². The number of anilines is 1. The number of benzene rings is 2. The van der Waals surface area contributed by atoms with Gasteiger partial charge in [0.25, 0.3) is 0 Å². The number of hydrogen-bond acceptors (Lipinski definition) is 3. The minimum atomic E-state index is 0.330. The molecule has 1 N–H and O–H groups in total. The highest BCUT2D eigenvalue weighted by Crippen LogP contribution is 2.41. The van der Waals surface area contributed by atoms with Crippen molar-refractivity contribution in [1.29, 1.82) is 0 Å². The summed E-state index contributed by atoms with van der Waals surface area (Å²) in [5, 5.41) is 5.56. The van der Waals surface area contributed by atoms with Gasteiger partial charge in [-0.25, -0.2) is 9.97 Å². The molecule has 1 aliphatic carbocycles. The van der Waals surface area contributed by atoms with Crippen molar-refractivity contribution >= 4 is 28.5 Å².